The molecule has 9 heteroatoms. The fraction of sp³-hybridized carbons (Fsp3) is 0.938. The van der Waals surface area contributed by atoms with E-state index in [1.807, 2.05) is 6.92 Å². The van der Waals surface area contributed by atoms with Crippen LogP contribution in [-0.4, -0.2) is 82.7 Å². The SMILES string of the molecule is CCNC(=NCCCCOCCOC)NC1CCN(CC(F)(F)F)C1. The summed E-state index contributed by atoms with van der Waals surface area (Å²) in [6, 6.07) is -0.00229. The predicted molar refractivity (Wildman–Crippen MR) is 91.9 cm³/mol. The molecule has 1 heterocycles. The molecule has 0 aliphatic carbocycles. The maximum atomic E-state index is 12.4. The summed E-state index contributed by atoms with van der Waals surface area (Å²) in [6.45, 7) is 5.20. The lowest BCUT2D eigenvalue weighted by molar-refractivity contribution is -0.143. The van der Waals surface area contributed by atoms with Crippen molar-refractivity contribution in [3.8, 4) is 0 Å². The second-order valence-corrected chi connectivity index (χ2v) is 6.05. The maximum absolute atomic E-state index is 12.4. The van der Waals surface area contributed by atoms with E-state index in [0.717, 1.165) is 12.8 Å². The summed E-state index contributed by atoms with van der Waals surface area (Å²) in [7, 11) is 1.64. The van der Waals surface area contributed by atoms with E-state index in [-0.39, 0.29) is 6.04 Å². The van der Waals surface area contributed by atoms with E-state index in [1.165, 1.54) is 4.90 Å². The molecular weight excluding hydrogens is 337 g/mol. The van der Waals surface area contributed by atoms with Crippen molar-refractivity contribution in [2.24, 2.45) is 4.99 Å². The maximum Gasteiger partial charge on any atom is 0.401 e. The van der Waals surface area contributed by atoms with Crippen molar-refractivity contribution in [3.63, 3.8) is 0 Å². The molecule has 25 heavy (non-hydrogen) atoms. The molecular formula is C16H31F3N4O2. The summed E-state index contributed by atoms with van der Waals surface area (Å²) in [6.07, 6.45) is -1.64. The van der Waals surface area contributed by atoms with Gasteiger partial charge in [0.1, 0.15) is 0 Å². The smallest absolute Gasteiger partial charge is 0.382 e. The molecule has 1 rings (SSSR count). The van der Waals surface area contributed by atoms with Gasteiger partial charge in [0.25, 0.3) is 0 Å². The van der Waals surface area contributed by atoms with Crippen LogP contribution in [0.1, 0.15) is 26.2 Å². The second-order valence-electron chi connectivity index (χ2n) is 6.05. The zero-order valence-electron chi connectivity index (χ0n) is 15.2. The Morgan fingerprint density at radius 2 is 2.04 bits per heavy atom. The predicted octanol–water partition coefficient (Wildman–Crippen LogP) is 1.62. The number of hydrogen-bond donors (Lipinski definition) is 2. The van der Waals surface area contributed by atoms with Gasteiger partial charge in [-0.3, -0.25) is 9.89 Å². The van der Waals surface area contributed by atoms with Gasteiger partial charge < -0.3 is 20.1 Å². The van der Waals surface area contributed by atoms with E-state index < -0.39 is 12.7 Å². The number of ether oxygens (including phenoxy) is 2. The highest BCUT2D eigenvalue weighted by Crippen LogP contribution is 2.19. The van der Waals surface area contributed by atoms with Crippen molar-refractivity contribution in [3.05, 3.63) is 0 Å². The summed E-state index contributed by atoms with van der Waals surface area (Å²) in [5.41, 5.74) is 0. The monoisotopic (exact) mass is 368 g/mol. The van der Waals surface area contributed by atoms with Crippen LogP contribution in [0.25, 0.3) is 0 Å². The summed E-state index contributed by atoms with van der Waals surface area (Å²) in [4.78, 5) is 5.91. The normalized spacial score (nSPS) is 19.4. The van der Waals surface area contributed by atoms with Crippen LogP contribution in [0, 0.1) is 0 Å². The molecule has 0 aromatic carbocycles. The van der Waals surface area contributed by atoms with Crippen molar-refractivity contribution in [2.75, 3.05) is 59.7 Å². The Bertz CT molecular complexity index is 381. The number of likely N-dealkylation sites (tertiary alicyclic amines) is 1. The van der Waals surface area contributed by atoms with E-state index in [9.17, 15) is 13.2 Å². The van der Waals surface area contributed by atoms with Crippen molar-refractivity contribution >= 4 is 5.96 Å². The molecule has 0 aromatic heterocycles. The molecule has 0 saturated carbocycles. The molecule has 1 saturated heterocycles. The molecule has 1 aliphatic rings. The first-order chi connectivity index (χ1) is 11.9. The van der Waals surface area contributed by atoms with E-state index in [0.29, 0.717) is 58.4 Å². The molecule has 1 aliphatic heterocycles. The fourth-order valence-electron chi connectivity index (χ4n) is 2.61. The minimum Gasteiger partial charge on any atom is -0.382 e. The minimum absolute atomic E-state index is 0.00229. The summed E-state index contributed by atoms with van der Waals surface area (Å²) in [5.74, 6) is 0.668. The number of methoxy groups -OCH3 is 1. The number of nitrogens with one attached hydrogen (secondary N) is 2. The zero-order chi connectivity index (χ0) is 18.5. The average Bonchev–Trinajstić information content (AvgIpc) is 2.95. The molecule has 0 aromatic rings. The standard InChI is InChI=1S/C16H31F3N4O2/c1-3-20-15(21-7-4-5-9-25-11-10-24-2)22-14-6-8-23(12-14)13-16(17,18)19/h14H,3-13H2,1-2H3,(H2,20,21,22). The topological polar surface area (TPSA) is 58.1 Å². The quantitative estimate of drug-likeness (QED) is 0.330. The average molecular weight is 368 g/mol. The van der Waals surface area contributed by atoms with Gasteiger partial charge in [-0.25, -0.2) is 0 Å². The third-order valence-electron chi connectivity index (χ3n) is 3.76. The lowest BCUT2D eigenvalue weighted by Gasteiger charge is -2.19. The van der Waals surface area contributed by atoms with Crippen LogP contribution in [0.4, 0.5) is 13.2 Å². The molecule has 2 N–H and O–H groups in total. The van der Waals surface area contributed by atoms with Gasteiger partial charge in [0.05, 0.1) is 19.8 Å². The zero-order valence-corrected chi connectivity index (χ0v) is 15.2. The number of rotatable bonds is 11. The molecule has 1 atom stereocenters. The van der Waals surface area contributed by atoms with Crippen molar-refractivity contribution in [2.45, 2.75) is 38.4 Å². The van der Waals surface area contributed by atoms with E-state index in [1.54, 1.807) is 7.11 Å². The number of nitrogens with zero attached hydrogens (tertiary/aromatic N) is 2. The van der Waals surface area contributed by atoms with Crippen molar-refractivity contribution in [1.29, 1.82) is 0 Å². The van der Waals surface area contributed by atoms with Gasteiger partial charge in [0.15, 0.2) is 5.96 Å². The van der Waals surface area contributed by atoms with E-state index in [4.69, 9.17) is 9.47 Å². The van der Waals surface area contributed by atoms with Gasteiger partial charge in [0.2, 0.25) is 0 Å². The van der Waals surface area contributed by atoms with Crippen LogP contribution in [0.3, 0.4) is 0 Å². The van der Waals surface area contributed by atoms with E-state index in [2.05, 4.69) is 15.6 Å². The Morgan fingerprint density at radius 3 is 2.72 bits per heavy atom. The lowest BCUT2D eigenvalue weighted by Crippen LogP contribution is -2.45. The van der Waals surface area contributed by atoms with Crippen LogP contribution < -0.4 is 10.6 Å². The van der Waals surface area contributed by atoms with Crippen LogP contribution >= 0.6 is 0 Å². The molecule has 148 valence electrons. The summed E-state index contributed by atoms with van der Waals surface area (Å²) < 4.78 is 47.6. The van der Waals surface area contributed by atoms with Crippen LogP contribution in [0.2, 0.25) is 0 Å². The summed E-state index contributed by atoms with van der Waals surface area (Å²) in [5, 5.41) is 6.38. The molecule has 1 fully saturated rings. The van der Waals surface area contributed by atoms with E-state index >= 15 is 0 Å². The highest BCUT2D eigenvalue weighted by Gasteiger charge is 2.34. The Balaban J connectivity index is 2.24. The van der Waals surface area contributed by atoms with Crippen LogP contribution in [-0.2, 0) is 9.47 Å². The first-order valence-corrected chi connectivity index (χ1v) is 8.85. The Hall–Kier alpha value is -1.06. The third-order valence-corrected chi connectivity index (χ3v) is 3.76. The van der Waals surface area contributed by atoms with Crippen LogP contribution in [0.15, 0.2) is 4.99 Å². The second kappa shape index (κ2) is 12.3. The van der Waals surface area contributed by atoms with Crippen molar-refractivity contribution in [1.82, 2.24) is 15.5 Å². The van der Waals surface area contributed by atoms with Gasteiger partial charge in [0, 0.05) is 45.9 Å². The Labute approximate surface area is 148 Å². The molecule has 0 spiro atoms. The molecule has 0 bridgehead atoms. The van der Waals surface area contributed by atoms with Crippen molar-refractivity contribution < 1.29 is 22.6 Å². The first kappa shape index (κ1) is 22.0. The minimum atomic E-state index is -4.14. The third kappa shape index (κ3) is 11.2. The number of guanidine groups is 1. The van der Waals surface area contributed by atoms with Gasteiger partial charge >= 0.3 is 6.18 Å². The highest BCUT2D eigenvalue weighted by molar-refractivity contribution is 5.80. The number of alkyl halides is 3. The molecule has 6 nitrogen and oxygen atoms in total. The highest BCUT2D eigenvalue weighted by atomic mass is 19.4. The lowest BCUT2D eigenvalue weighted by atomic mass is 10.3. The Kier molecular flexibility index (Phi) is 10.8. The summed E-state index contributed by atoms with van der Waals surface area (Å²) >= 11 is 0. The molecule has 1 unspecified atom stereocenters. The van der Waals surface area contributed by atoms with Gasteiger partial charge in [-0.1, -0.05) is 0 Å². The fourth-order valence-corrected chi connectivity index (χ4v) is 2.61. The number of hydrogen-bond acceptors (Lipinski definition) is 4. The number of halogens is 3. The molecule has 0 amide bonds. The van der Waals surface area contributed by atoms with Gasteiger partial charge in [-0.15, -0.1) is 0 Å². The Morgan fingerprint density at radius 1 is 1.24 bits per heavy atom. The van der Waals surface area contributed by atoms with Crippen LogP contribution in [0.5, 0.6) is 0 Å². The number of unbranched alkanes of at least 4 members (excludes halogenated alkanes) is 1. The van der Waals surface area contributed by atoms with Gasteiger partial charge in [-0.2, -0.15) is 13.2 Å². The number of aliphatic imine (C=N–C) groups is 1. The largest absolute Gasteiger partial charge is 0.401 e. The van der Waals surface area contributed by atoms with Gasteiger partial charge in [-0.05, 0) is 26.2 Å². The first-order valence-electron chi connectivity index (χ1n) is 8.85. The molecule has 0 radical (unpaired) electrons.